The molecule has 0 bridgehead atoms. The molecule has 4 nitrogen and oxygen atoms in total. The van der Waals surface area contributed by atoms with Crippen LogP contribution in [0.5, 0.6) is 0 Å². The maximum absolute atomic E-state index is 11.2. The largest absolute Gasteiger partial charge is 0.480 e. The lowest BCUT2D eigenvalue weighted by Gasteiger charge is -2.37. The number of carboxylic acid groups (broad SMARTS) is 1. The van der Waals surface area contributed by atoms with Crippen LogP contribution in [0, 0.1) is 0 Å². The molecule has 1 aliphatic heterocycles. The summed E-state index contributed by atoms with van der Waals surface area (Å²) in [6.07, 6.45) is 0.656. The molecule has 1 heterocycles. The van der Waals surface area contributed by atoms with Crippen molar-refractivity contribution in [3.8, 4) is 0 Å². The Morgan fingerprint density at radius 3 is 2.60 bits per heavy atom. The predicted octanol–water partition coefficient (Wildman–Crippen LogP) is 2.32. The summed E-state index contributed by atoms with van der Waals surface area (Å²) < 4.78 is 0. The second-order valence-electron chi connectivity index (χ2n) is 5.20. The van der Waals surface area contributed by atoms with Gasteiger partial charge in [0, 0.05) is 37.7 Å². The Morgan fingerprint density at radius 2 is 2.05 bits per heavy atom. The number of aliphatic carboxylic acids is 1. The molecule has 1 aliphatic rings. The van der Waals surface area contributed by atoms with Crippen LogP contribution >= 0.6 is 11.6 Å². The topological polar surface area (TPSA) is 43.8 Å². The van der Waals surface area contributed by atoms with Gasteiger partial charge in [-0.05, 0) is 24.1 Å². The molecule has 110 valence electrons. The Morgan fingerprint density at radius 1 is 1.35 bits per heavy atom. The molecule has 0 amide bonds. The van der Waals surface area contributed by atoms with Crippen LogP contribution in [-0.4, -0.2) is 53.1 Å². The molecule has 1 aromatic carbocycles. The highest BCUT2D eigenvalue weighted by molar-refractivity contribution is 6.30. The van der Waals surface area contributed by atoms with Gasteiger partial charge in [0.25, 0.3) is 0 Å². The lowest BCUT2D eigenvalue weighted by molar-refractivity contribution is -0.144. The van der Waals surface area contributed by atoms with E-state index in [0.717, 1.165) is 37.7 Å². The zero-order valence-electron chi connectivity index (χ0n) is 11.8. The Kier molecular flexibility index (Phi) is 5.40. The molecular formula is C15H21ClN2O2. The minimum atomic E-state index is -0.712. The van der Waals surface area contributed by atoms with Gasteiger partial charge in [-0.2, -0.15) is 0 Å². The third-order valence-corrected chi connectivity index (χ3v) is 4.05. The molecule has 20 heavy (non-hydrogen) atoms. The number of rotatable bonds is 5. The van der Waals surface area contributed by atoms with Crippen LogP contribution in [0.15, 0.2) is 24.3 Å². The summed E-state index contributed by atoms with van der Waals surface area (Å²) in [5.41, 5.74) is 1.20. The van der Waals surface area contributed by atoms with Crippen molar-refractivity contribution in [1.82, 2.24) is 9.80 Å². The molecule has 1 saturated heterocycles. The van der Waals surface area contributed by atoms with Gasteiger partial charge in [-0.25, -0.2) is 0 Å². The number of piperazine rings is 1. The van der Waals surface area contributed by atoms with Crippen molar-refractivity contribution < 1.29 is 9.90 Å². The summed E-state index contributed by atoms with van der Waals surface area (Å²) in [4.78, 5) is 15.6. The molecule has 0 spiro atoms. The molecule has 0 unspecified atom stereocenters. The normalized spacial score (nSPS) is 18.9. The lowest BCUT2D eigenvalue weighted by Crippen LogP contribution is -2.52. The van der Waals surface area contributed by atoms with E-state index in [-0.39, 0.29) is 6.04 Å². The molecule has 0 aromatic heterocycles. The van der Waals surface area contributed by atoms with Crippen LogP contribution in [0.25, 0.3) is 0 Å². The standard InChI is InChI=1S/C15H21ClN2O2/c1-2-14(15(19)20)18-8-6-17(7-9-18)11-12-4-3-5-13(16)10-12/h3-5,10,14H,2,6-9,11H2,1H3,(H,19,20)/t14-/m0/s1. The van der Waals surface area contributed by atoms with Gasteiger partial charge in [0.05, 0.1) is 0 Å². The minimum absolute atomic E-state index is 0.344. The van der Waals surface area contributed by atoms with E-state index in [4.69, 9.17) is 11.6 Å². The fourth-order valence-electron chi connectivity index (χ4n) is 2.72. The van der Waals surface area contributed by atoms with E-state index in [1.807, 2.05) is 25.1 Å². The highest BCUT2D eigenvalue weighted by atomic mass is 35.5. The van der Waals surface area contributed by atoms with E-state index in [2.05, 4.69) is 15.9 Å². The highest BCUT2D eigenvalue weighted by Gasteiger charge is 2.27. The van der Waals surface area contributed by atoms with Crippen molar-refractivity contribution in [3.63, 3.8) is 0 Å². The number of hydrogen-bond acceptors (Lipinski definition) is 3. The van der Waals surface area contributed by atoms with Gasteiger partial charge in [0.2, 0.25) is 0 Å². The molecule has 1 fully saturated rings. The van der Waals surface area contributed by atoms with E-state index in [1.54, 1.807) is 0 Å². The first-order valence-electron chi connectivity index (χ1n) is 7.04. The SMILES string of the molecule is CC[C@@H](C(=O)O)N1CCN(Cc2cccc(Cl)c2)CC1. The first-order valence-corrected chi connectivity index (χ1v) is 7.41. The quantitative estimate of drug-likeness (QED) is 0.906. The zero-order valence-corrected chi connectivity index (χ0v) is 12.5. The van der Waals surface area contributed by atoms with Gasteiger partial charge in [-0.1, -0.05) is 30.7 Å². The number of hydrogen-bond donors (Lipinski definition) is 1. The van der Waals surface area contributed by atoms with Crippen molar-refractivity contribution in [2.75, 3.05) is 26.2 Å². The minimum Gasteiger partial charge on any atom is -0.480 e. The van der Waals surface area contributed by atoms with Crippen LogP contribution < -0.4 is 0 Å². The van der Waals surface area contributed by atoms with Crippen LogP contribution in [0.1, 0.15) is 18.9 Å². The van der Waals surface area contributed by atoms with E-state index in [0.29, 0.717) is 6.42 Å². The van der Waals surface area contributed by atoms with Crippen molar-refractivity contribution in [2.24, 2.45) is 0 Å². The number of carbonyl (C=O) groups is 1. The molecule has 1 N–H and O–H groups in total. The molecule has 0 radical (unpaired) electrons. The number of benzene rings is 1. The Bertz CT molecular complexity index is 459. The molecule has 0 aliphatic carbocycles. The van der Waals surface area contributed by atoms with Gasteiger partial charge in [-0.3, -0.25) is 14.6 Å². The molecule has 1 atom stereocenters. The lowest BCUT2D eigenvalue weighted by atomic mass is 10.1. The smallest absolute Gasteiger partial charge is 0.320 e. The number of nitrogens with zero attached hydrogens (tertiary/aromatic N) is 2. The van der Waals surface area contributed by atoms with E-state index < -0.39 is 5.97 Å². The average molecular weight is 297 g/mol. The van der Waals surface area contributed by atoms with E-state index in [9.17, 15) is 9.90 Å². The van der Waals surface area contributed by atoms with Gasteiger partial charge < -0.3 is 5.11 Å². The maximum atomic E-state index is 11.2. The van der Waals surface area contributed by atoms with Gasteiger partial charge in [0.1, 0.15) is 6.04 Å². The van der Waals surface area contributed by atoms with Crippen molar-refractivity contribution in [1.29, 1.82) is 0 Å². The summed E-state index contributed by atoms with van der Waals surface area (Å²) in [6.45, 7) is 6.22. The first kappa shape index (κ1) is 15.3. The molecule has 2 rings (SSSR count). The molecule has 0 saturated carbocycles. The summed E-state index contributed by atoms with van der Waals surface area (Å²) in [5.74, 6) is -0.712. The molecule has 5 heteroatoms. The van der Waals surface area contributed by atoms with Crippen molar-refractivity contribution >= 4 is 17.6 Å². The monoisotopic (exact) mass is 296 g/mol. The maximum Gasteiger partial charge on any atom is 0.320 e. The second-order valence-corrected chi connectivity index (χ2v) is 5.64. The predicted molar refractivity (Wildman–Crippen MR) is 80.0 cm³/mol. The average Bonchev–Trinajstić information content (AvgIpc) is 2.41. The van der Waals surface area contributed by atoms with Crippen LogP contribution in [0.3, 0.4) is 0 Å². The number of halogens is 1. The van der Waals surface area contributed by atoms with Gasteiger partial charge in [0.15, 0.2) is 0 Å². The van der Waals surface area contributed by atoms with Gasteiger partial charge >= 0.3 is 5.97 Å². The Labute approximate surface area is 124 Å². The summed E-state index contributed by atoms with van der Waals surface area (Å²) >= 11 is 5.99. The highest BCUT2D eigenvalue weighted by Crippen LogP contribution is 2.15. The third-order valence-electron chi connectivity index (χ3n) is 3.81. The zero-order chi connectivity index (χ0) is 14.5. The van der Waals surface area contributed by atoms with E-state index in [1.165, 1.54) is 5.56 Å². The summed E-state index contributed by atoms with van der Waals surface area (Å²) in [5, 5.41) is 9.95. The fraction of sp³-hybridized carbons (Fsp3) is 0.533. The van der Waals surface area contributed by atoms with Gasteiger partial charge in [-0.15, -0.1) is 0 Å². The Hall–Kier alpha value is -1.10. The van der Waals surface area contributed by atoms with E-state index >= 15 is 0 Å². The van der Waals surface area contributed by atoms with Crippen LogP contribution in [0.2, 0.25) is 5.02 Å². The van der Waals surface area contributed by atoms with Crippen molar-refractivity contribution in [2.45, 2.75) is 25.9 Å². The van der Waals surface area contributed by atoms with Crippen molar-refractivity contribution in [3.05, 3.63) is 34.9 Å². The van der Waals surface area contributed by atoms with Crippen LogP contribution in [-0.2, 0) is 11.3 Å². The third kappa shape index (κ3) is 3.95. The first-order chi connectivity index (χ1) is 9.60. The Balaban J connectivity index is 1.86. The second kappa shape index (κ2) is 7.07. The summed E-state index contributed by atoms with van der Waals surface area (Å²) in [6, 6.07) is 7.56. The molecule has 1 aromatic rings. The summed E-state index contributed by atoms with van der Waals surface area (Å²) in [7, 11) is 0. The van der Waals surface area contributed by atoms with Crippen LogP contribution in [0.4, 0.5) is 0 Å². The number of carboxylic acids is 1. The molecular weight excluding hydrogens is 276 g/mol. The fourth-order valence-corrected chi connectivity index (χ4v) is 2.93.